The van der Waals surface area contributed by atoms with Crippen molar-refractivity contribution >= 4 is 23.5 Å². The van der Waals surface area contributed by atoms with E-state index < -0.39 is 11.6 Å². The smallest absolute Gasteiger partial charge is 0.322 e. The van der Waals surface area contributed by atoms with Gasteiger partial charge >= 0.3 is 6.03 Å². The standard InChI is InChI=1S/C25H30N4O3/c1-16(2)25(23(31)26-24(32)27-25)20-10-8-19(9-11-20)22(30)29-14-12-28(13-15-29)21-17(3)6-5-7-18(21)4/h5-11,16H,12-15H2,1-4H3,(H2,26,27,31,32). The van der Waals surface area contributed by atoms with Crippen molar-refractivity contribution in [3.63, 3.8) is 0 Å². The maximum Gasteiger partial charge on any atom is 0.322 e. The Bertz CT molecular complexity index is 1040. The number of hydrogen-bond donors (Lipinski definition) is 2. The number of para-hydroxylation sites is 1. The highest BCUT2D eigenvalue weighted by atomic mass is 16.2. The monoisotopic (exact) mass is 434 g/mol. The first kappa shape index (κ1) is 21.9. The van der Waals surface area contributed by atoms with Gasteiger partial charge in [0.15, 0.2) is 0 Å². The van der Waals surface area contributed by atoms with Crippen LogP contribution in [0.1, 0.15) is 40.9 Å². The number of aryl methyl sites for hydroxylation is 2. The van der Waals surface area contributed by atoms with Crippen LogP contribution >= 0.6 is 0 Å². The molecule has 2 aliphatic rings. The highest BCUT2D eigenvalue weighted by molar-refractivity contribution is 6.07. The molecule has 0 bridgehead atoms. The van der Waals surface area contributed by atoms with Gasteiger partial charge < -0.3 is 15.1 Å². The molecule has 2 saturated heterocycles. The van der Waals surface area contributed by atoms with Crippen molar-refractivity contribution in [2.24, 2.45) is 5.92 Å². The summed E-state index contributed by atoms with van der Waals surface area (Å²) in [6.45, 7) is 10.9. The zero-order valence-corrected chi connectivity index (χ0v) is 19.1. The molecule has 2 N–H and O–H groups in total. The number of anilines is 1. The van der Waals surface area contributed by atoms with Crippen molar-refractivity contribution in [3.05, 3.63) is 64.7 Å². The van der Waals surface area contributed by atoms with Crippen molar-refractivity contribution in [2.75, 3.05) is 31.1 Å². The zero-order valence-electron chi connectivity index (χ0n) is 19.1. The summed E-state index contributed by atoms with van der Waals surface area (Å²) >= 11 is 0. The number of piperazine rings is 1. The molecule has 2 aromatic carbocycles. The number of nitrogens with one attached hydrogen (secondary N) is 2. The summed E-state index contributed by atoms with van der Waals surface area (Å²) in [6, 6.07) is 12.9. The Morgan fingerprint density at radius 3 is 2.03 bits per heavy atom. The lowest BCUT2D eigenvalue weighted by Crippen LogP contribution is -2.49. The molecular formula is C25H30N4O3. The summed E-state index contributed by atoms with van der Waals surface area (Å²) in [5, 5.41) is 5.11. The maximum absolute atomic E-state index is 13.1. The average molecular weight is 435 g/mol. The topological polar surface area (TPSA) is 81.8 Å². The van der Waals surface area contributed by atoms with E-state index in [9.17, 15) is 14.4 Å². The molecule has 2 aliphatic heterocycles. The van der Waals surface area contributed by atoms with Gasteiger partial charge in [-0.3, -0.25) is 14.9 Å². The molecule has 7 nitrogen and oxygen atoms in total. The zero-order chi connectivity index (χ0) is 23.0. The molecule has 1 unspecified atom stereocenters. The predicted molar refractivity (Wildman–Crippen MR) is 124 cm³/mol. The van der Waals surface area contributed by atoms with Crippen molar-refractivity contribution in [2.45, 2.75) is 33.2 Å². The third-order valence-electron chi connectivity index (χ3n) is 6.67. The number of carbonyl (C=O) groups is 3. The third kappa shape index (κ3) is 3.61. The fraction of sp³-hybridized carbons (Fsp3) is 0.400. The number of benzene rings is 2. The number of nitrogens with zero attached hydrogens (tertiary/aromatic N) is 2. The lowest BCUT2D eigenvalue weighted by atomic mass is 9.79. The Labute approximate surface area is 188 Å². The molecule has 0 aliphatic carbocycles. The second-order valence-electron chi connectivity index (χ2n) is 8.97. The second kappa shape index (κ2) is 8.30. The lowest BCUT2D eigenvalue weighted by molar-refractivity contribution is -0.125. The van der Waals surface area contributed by atoms with Gasteiger partial charge in [0, 0.05) is 37.4 Å². The molecule has 0 saturated carbocycles. The SMILES string of the molecule is Cc1cccc(C)c1N1CCN(C(=O)c2ccc(C3(C(C)C)NC(=O)NC3=O)cc2)CC1. The maximum atomic E-state index is 13.1. The van der Waals surface area contributed by atoms with Crippen molar-refractivity contribution < 1.29 is 14.4 Å². The van der Waals surface area contributed by atoms with Gasteiger partial charge in [-0.15, -0.1) is 0 Å². The molecule has 0 radical (unpaired) electrons. The van der Waals surface area contributed by atoms with E-state index in [0.29, 0.717) is 24.2 Å². The minimum absolute atomic E-state index is 0.0174. The molecular weight excluding hydrogens is 404 g/mol. The van der Waals surface area contributed by atoms with Crippen LogP contribution in [0.2, 0.25) is 0 Å². The summed E-state index contributed by atoms with van der Waals surface area (Å²) < 4.78 is 0. The molecule has 4 rings (SSSR count). The summed E-state index contributed by atoms with van der Waals surface area (Å²) in [5.74, 6) is -0.524. The van der Waals surface area contributed by atoms with Crippen molar-refractivity contribution in [1.82, 2.24) is 15.5 Å². The van der Waals surface area contributed by atoms with Crippen LogP contribution in [-0.4, -0.2) is 48.9 Å². The Morgan fingerprint density at radius 2 is 1.53 bits per heavy atom. The molecule has 0 aromatic heterocycles. The van der Waals surface area contributed by atoms with Gasteiger partial charge in [-0.1, -0.05) is 44.2 Å². The summed E-state index contributed by atoms with van der Waals surface area (Å²) in [4.78, 5) is 41.7. The van der Waals surface area contributed by atoms with E-state index in [0.717, 1.165) is 13.1 Å². The average Bonchev–Trinajstić information content (AvgIpc) is 3.08. The van der Waals surface area contributed by atoms with Gasteiger partial charge in [0.2, 0.25) is 0 Å². The molecule has 2 heterocycles. The van der Waals surface area contributed by atoms with Gasteiger partial charge in [0.25, 0.3) is 11.8 Å². The van der Waals surface area contributed by atoms with Gasteiger partial charge in [0.1, 0.15) is 5.54 Å². The van der Waals surface area contributed by atoms with E-state index >= 15 is 0 Å². The van der Waals surface area contributed by atoms with Gasteiger partial charge in [-0.25, -0.2) is 4.79 Å². The number of rotatable bonds is 4. The van der Waals surface area contributed by atoms with Crippen LogP contribution in [-0.2, 0) is 10.3 Å². The summed E-state index contributed by atoms with van der Waals surface area (Å²) in [7, 11) is 0. The highest BCUT2D eigenvalue weighted by Gasteiger charge is 2.50. The van der Waals surface area contributed by atoms with E-state index in [2.05, 4.69) is 47.6 Å². The number of hydrogen-bond acceptors (Lipinski definition) is 4. The highest BCUT2D eigenvalue weighted by Crippen LogP contribution is 2.33. The van der Waals surface area contributed by atoms with E-state index in [1.54, 1.807) is 24.3 Å². The molecule has 2 fully saturated rings. The van der Waals surface area contributed by atoms with E-state index in [4.69, 9.17) is 0 Å². The Kier molecular flexibility index (Phi) is 5.67. The first-order chi connectivity index (χ1) is 15.2. The number of imide groups is 1. The lowest BCUT2D eigenvalue weighted by Gasteiger charge is -2.37. The molecule has 0 spiro atoms. The largest absolute Gasteiger partial charge is 0.368 e. The summed E-state index contributed by atoms with van der Waals surface area (Å²) in [6.07, 6.45) is 0. The Hall–Kier alpha value is -3.35. The van der Waals surface area contributed by atoms with Crippen LogP contribution in [0.4, 0.5) is 10.5 Å². The molecule has 4 amide bonds. The number of amides is 4. The van der Waals surface area contributed by atoms with Gasteiger partial charge in [-0.2, -0.15) is 0 Å². The molecule has 1 atom stereocenters. The van der Waals surface area contributed by atoms with Crippen LogP contribution in [0.3, 0.4) is 0 Å². The summed E-state index contributed by atoms with van der Waals surface area (Å²) in [5.41, 5.74) is 3.91. The van der Waals surface area contributed by atoms with E-state index in [1.807, 2.05) is 18.7 Å². The minimum atomic E-state index is -1.12. The van der Waals surface area contributed by atoms with E-state index in [1.165, 1.54) is 16.8 Å². The predicted octanol–water partition coefficient (Wildman–Crippen LogP) is 2.96. The Morgan fingerprint density at radius 1 is 0.938 bits per heavy atom. The van der Waals surface area contributed by atoms with Gasteiger partial charge in [0.05, 0.1) is 0 Å². The first-order valence-corrected chi connectivity index (χ1v) is 11.1. The van der Waals surface area contributed by atoms with Crippen LogP contribution in [0, 0.1) is 19.8 Å². The molecule has 168 valence electrons. The van der Waals surface area contributed by atoms with Crippen LogP contribution in [0.15, 0.2) is 42.5 Å². The number of carbonyl (C=O) groups excluding carboxylic acids is 3. The molecule has 7 heteroatoms. The second-order valence-corrected chi connectivity index (χ2v) is 8.97. The third-order valence-corrected chi connectivity index (χ3v) is 6.67. The molecule has 2 aromatic rings. The molecule has 32 heavy (non-hydrogen) atoms. The van der Waals surface area contributed by atoms with Gasteiger partial charge in [-0.05, 0) is 48.6 Å². The normalized spacial score (nSPS) is 21.0. The fourth-order valence-corrected chi connectivity index (χ4v) is 4.91. The van der Waals surface area contributed by atoms with Crippen LogP contribution in [0.25, 0.3) is 0 Å². The van der Waals surface area contributed by atoms with Crippen molar-refractivity contribution in [1.29, 1.82) is 0 Å². The quantitative estimate of drug-likeness (QED) is 0.725. The van der Waals surface area contributed by atoms with Crippen LogP contribution < -0.4 is 15.5 Å². The van der Waals surface area contributed by atoms with Crippen molar-refractivity contribution in [3.8, 4) is 0 Å². The fourth-order valence-electron chi connectivity index (χ4n) is 4.91. The minimum Gasteiger partial charge on any atom is -0.368 e. The first-order valence-electron chi connectivity index (χ1n) is 11.1. The number of urea groups is 1. The Balaban J connectivity index is 1.47. The van der Waals surface area contributed by atoms with Crippen LogP contribution in [0.5, 0.6) is 0 Å². The van der Waals surface area contributed by atoms with E-state index in [-0.39, 0.29) is 17.7 Å².